The summed E-state index contributed by atoms with van der Waals surface area (Å²) < 4.78 is 9.45. The molecule has 1 atom stereocenters. The van der Waals surface area contributed by atoms with Crippen molar-refractivity contribution in [3.63, 3.8) is 0 Å². The van der Waals surface area contributed by atoms with E-state index in [0.29, 0.717) is 6.61 Å². The molecule has 21 heavy (non-hydrogen) atoms. The van der Waals surface area contributed by atoms with Crippen LogP contribution < -0.4 is 5.32 Å². The van der Waals surface area contributed by atoms with Gasteiger partial charge in [0, 0.05) is 44.8 Å². The third kappa shape index (κ3) is 4.90. The number of rotatable bonds is 9. The zero-order valence-electron chi connectivity index (χ0n) is 13.1. The minimum absolute atomic E-state index is 0.251. The second kappa shape index (κ2) is 7.83. The van der Waals surface area contributed by atoms with Crippen LogP contribution in [0.2, 0.25) is 0 Å². The number of nitrogens with zero attached hydrogens (tertiary/aromatic N) is 4. The van der Waals surface area contributed by atoms with Crippen LogP contribution in [0.4, 0.5) is 5.95 Å². The largest absolute Gasteiger partial charge is 0.383 e. The molecule has 2 aromatic heterocycles. The highest BCUT2D eigenvalue weighted by Crippen LogP contribution is 2.11. The molecule has 6 heteroatoms. The molecule has 0 aliphatic carbocycles. The van der Waals surface area contributed by atoms with Crippen molar-refractivity contribution in [1.82, 2.24) is 19.1 Å². The summed E-state index contributed by atoms with van der Waals surface area (Å²) in [7, 11) is 1.71. The van der Waals surface area contributed by atoms with Gasteiger partial charge in [0.05, 0.1) is 18.6 Å². The van der Waals surface area contributed by atoms with Gasteiger partial charge in [-0.15, -0.1) is 0 Å². The van der Waals surface area contributed by atoms with Gasteiger partial charge in [0.25, 0.3) is 0 Å². The molecular formula is C15H25N5O. The Morgan fingerprint density at radius 2 is 2.14 bits per heavy atom. The minimum atomic E-state index is 0.251. The van der Waals surface area contributed by atoms with E-state index in [1.165, 1.54) is 0 Å². The molecule has 6 nitrogen and oxygen atoms in total. The Balaban J connectivity index is 1.81. The first-order valence-electron chi connectivity index (χ1n) is 7.44. The smallest absolute Gasteiger partial charge is 0.203 e. The van der Waals surface area contributed by atoms with Crippen LogP contribution in [-0.4, -0.2) is 38.9 Å². The summed E-state index contributed by atoms with van der Waals surface area (Å²) in [6.07, 6.45) is 10.0. The van der Waals surface area contributed by atoms with Gasteiger partial charge >= 0.3 is 0 Å². The van der Waals surface area contributed by atoms with Crippen LogP contribution >= 0.6 is 0 Å². The Morgan fingerprint density at radius 3 is 2.86 bits per heavy atom. The fraction of sp³-hybridized carbons (Fsp3) is 0.600. The fourth-order valence-corrected chi connectivity index (χ4v) is 2.34. The van der Waals surface area contributed by atoms with Gasteiger partial charge in [0.15, 0.2) is 0 Å². The van der Waals surface area contributed by atoms with Crippen molar-refractivity contribution in [2.45, 2.75) is 45.8 Å². The highest BCUT2D eigenvalue weighted by atomic mass is 16.5. The van der Waals surface area contributed by atoms with E-state index in [-0.39, 0.29) is 6.04 Å². The molecule has 0 aromatic carbocycles. The van der Waals surface area contributed by atoms with E-state index in [0.717, 1.165) is 37.6 Å². The molecule has 0 amide bonds. The van der Waals surface area contributed by atoms with Crippen molar-refractivity contribution in [2.75, 3.05) is 19.0 Å². The maximum absolute atomic E-state index is 5.15. The number of methoxy groups -OCH3 is 1. The zero-order valence-corrected chi connectivity index (χ0v) is 13.1. The van der Waals surface area contributed by atoms with Gasteiger partial charge in [-0.25, -0.2) is 9.97 Å². The van der Waals surface area contributed by atoms with Crippen LogP contribution in [0.3, 0.4) is 0 Å². The van der Waals surface area contributed by atoms with Gasteiger partial charge in [-0.05, 0) is 26.7 Å². The Kier molecular flexibility index (Phi) is 5.80. The second-order valence-electron chi connectivity index (χ2n) is 5.41. The van der Waals surface area contributed by atoms with Crippen LogP contribution in [0.1, 0.15) is 25.5 Å². The predicted octanol–water partition coefficient (Wildman–Crippen LogP) is 2.32. The van der Waals surface area contributed by atoms with E-state index in [2.05, 4.69) is 37.5 Å². The number of aryl methyl sites for hydroxylation is 3. The Hall–Kier alpha value is -1.82. The van der Waals surface area contributed by atoms with Crippen LogP contribution in [0.5, 0.6) is 0 Å². The van der Waals surface area contributed by atoms with Crippen molar-refractivity contribution in [3.05, 3.63) is 30.6 Å². The Morgan fingerprint density at radius 1 is 1.33 bits per heavy atom. The number of nitrogens with one attached hydrogen (secondary N) is 1. The molecule has 0 spiro atoms. The summed E-state index contributed by atoms with van der Waals surface area (Å²) in [6.45, 7) is 6.77. The monoisotopic (exact) mass is 291 g/mol. The maximum Gasteiger partial charge on any atom is 0.203 e. The number of hydrogen-bond acceptors (Lipinski definition) is 4. The SMILES string of the molecule is COCC(C)Nc1nc(C)cn1CCCCn1ccnc1. The van der Waals surface area contributed by atoms with Crippen LogP contribution in [0.15, 0.2) is 24.9 Å². The van der Waals surface area contributed by atoms with Gasteiger partial charge in [0.2, 0.25) is 5.95 Å². The minimum Gasteiger partial charge on any atom is -0.383 e. The molecule has 0 aliphatic rings. The van der Waals surface area contributed by atoms with Gasteiger partial charge in [-0.1, -0.05) is 0 Å². The number of anilines is 1. The number of ether oxygens (including phenoxy) is 1. The molecule has 1 unspecified atom stereocenters. The van der Waals surface area contributed by atoms with E-state index in [1.807, 2.05) is 25.6 Å². The van der Waals surface area contributed by atoms with Gasteiger partial charge in [0.1, 0.15) is 0 Å². The molecule has 2 heterocycles. The van der Waals surface area contributed by atoms with E-state index >= 15 is 0 Å². The summed E-state index contributed by atoms with van der Waals surface area (Å²) in [4.78, 5) is 8.60. The van der Waals surface area contributed by atoms with Gasteiger partial charge < -0.3 is 19.2 Å². The molecule has 0 fully saturated rings. The molecule has 116 valence electrons. The number of aromatic nitrogens is 4. The van der Waals surface area contributed by atoms with E-state index in [1.54, 1.807) is 7.11 Å². The first-order chi connectivity index (χ1) is 10.2. The molecule has 2 rings (SSSR count). The lowest BCUT2D eigenvalue weighted by molar-refractivity contribution is 0.190. The highest BCUT2D eigenvalue weighted by Gasteiger charge is 2.08. The quantitative estimate of drug-likeness (QED) is 0.720. The molecule has 0 bridgehead atoms. The Bertz CT molecular complexity index is 520. The normalized spacial score (nSPS) is 12.5. The summed E-state index contributed by atoms with van der Waals surface area (Å²) in [5.74, 6) is 0.930. The summed E-state index contributed by atoms with van der Waals surface area (Å²) in [5.41, 5.74) is 1.04. The van der Waals surface area contributed by atoms with Crippen LogP contribution in [0, 0.1) is 6.92 Å². The van der Waals surface area contributed by atoms with Gasteiger partial charge in [-0.2, -0.15) is 0 Å². The molecule has 0 radical (unpaired) electrons. The third-order valence-electron chi connectivity index (χ3n) is 3.31. The lowest BCUT2D eigenvalue weighted by Gasteiger charge is -2.15. The topological polar surface area (TPSA) is 56.9 Å². The van der Waals surface area contributed by atoms with Crippen molar-refractivity contribution in [2.24, 2.45) is 0 Å². The lowest BCUT2D eigenvalue weighted by Crippen LogP contribution is -2.23. The Labute approximate surface area is 126 Å². The van der Waals surface area contributed by atoms with E-state index in [9.17, 15) is 0 Å². The fourth-order valence-electron chi connectivity index (χ4n) is 2.34. The van der Waals surface area contributed by atoms with Crippen molar-refractivity contribution in [3.8, 4) is 0 Å². The maximum atomic E-state index is 5.15. The third-order valence-corrected chi connectivity index (χ3v) is 3.31. The van der Waals surface area contributed by atoms with E-state index < -0.39 is 0 Å². The van der Waals surface area contributed by atoms with Crippen molar-refractivity contribution >= 4 is 5.95 Å². The molecule has 1 N–H and O–H groups in total. The first kappa shape index (κ1) is 15.6. The van der Waals surface area contributed by atoms with Crippen LogP contribution in [0.25, 0.3) is 0 Å². The highest BCUT2D eigenvalue weighted by molar-refractivity contribution is 5.30. The molecule has 0 saturated heterocycles. The summed E-state index contributed by atoms with van der Waals surface area (Å²) in [5, 5.41) is 3.40. The van der Waals surface area contributed by atoms with Gasteiger partial charge in [-0.3, -0.25) is 0 Å². The number of hydrogen-bond donors (Lipinski definition) is 1. The molecule has 0 saturated carbocycles. The number of imidazole rings is 2. The average Bonchev–Trinajstić information content (AvgIpc) is 3.05. The second-order valence-corrected chi connectivity index (χ2v) is 5.41. The molecule has 0 aliphatic heterocycles. The van der Waals surface area contributed by atoms with E-state index in [4.69, 9.17) is 4.74 Å². The first-order valence-corrected chi connectivity index (χ1v) is 7.44. The summed E-state index contributed by atoms with van der Waals surface area (Å²) in [6, 6.07) is 0.251. The average molecular weight is 291 g/mol. The van der Waals surface area contributed by atoms with Crippen molar-refractivity contribution < 1.29 is 4.74 Å². The van der Waals surface area contributed by atoms with Crippen LogP contribution in [-0.2, 0) is 17.8 Å². The van der Waals surface area contributed by atoms with Crippen molar-refractivity contribution in [1.29, 1.82) is 0 Å². The molecular weight excluding hydrogens is 266 g/mol. The zero-order chi connectivity index (χ0) is 15.1. The summed E-state index contributed by atoms with van der Waals surface area (Å²) >= 11 is 0. The predicted molar refractivity (Wildman–Crippen MR) is 83.4 cm³/mol. The number of unbranched alkanes of at least 4 members (excludes halogenated alkanes) is 1. The standard InChI is InChI=1S/C15H25N5O/c1-13-10-20(15(17-13)18-14(2)11-21-3)8-5-4-7-19-9-6-16-12-19/h6,9-10,12,14H,4-5,7-8,11H2,1-3H3,(H,17,18). The molecule has 2 aromatic rings. The lowest BCUT2D eigenvalue weighted by atomic mass is 10.3.